The van der Waals surface area contributed by atoms with Crippen LogP contribution in [0.5, 0.6) is 0 Å². The molecule has 2 heterocycles. The van der Waals surface area contributed by atoms with Crippen molar-refractivity contribution in [3.63, 3.8) is 0 Å². The summed E-state index contributed by atoms with van der Waals surface area (Å²) in [6.07, 6.45) is 0. The Labute approximate surface area is 177 Å². The van der Waals surface area contributed by atoms with Gasteiger partial charge in [0, 0.05) is 10.9 Å². The van der Waals surface area contributed by atoms with E-state index in [4.69, 9.17) is 17.3 Å². The summed E-state index contributed by atoms with van der Waals surface area (Å²) in [5.74, 6) is -0.0144. The molecule has 0 radical (unpaired) electrons. The van der Waals surface area contributed by atoms with E-state index in [0.717, 1.165) is 22.1 Å². The fourth-order valence-corrected chi connectivity index (χ4v) is 4.43. The second-order valence-corrected chi connectivity index (χ2v) is 8.29. The van der Waals surface area contributed by atoms with Crippen molar-refractivity contribution < 1.29 is 4.79 Å². The molecule has 4 rings (SSSR count). The Bertz CT molecular complexity index is 1210. The van der Waals surface area contributed by atoms with Crippen molar-refractivity contribution in [3.8, 4) is 11.3 Å². The Hall–Kier alpha value is -2.96. The Morgan fingerprint density at radius 1 is 1.14 bits per heavy atom. The van der Waals surface area contributed by atoms with Gasteiger partial charge in [-0.3, -0.25) is 4.79 Å². The van der Waals surface area contributed by atoms with Gasteiger partial charge < -0.3 is 11.1 Å². The van der Waals surface area contributed by atoms with Crippen LogP contribution in [0, 0.1) is 6.92 Å². The molecule has 0 fully saturated rings. The summed E-state index contributed by atoms with van der Waals surface area (Å²) >= 11 is 7.73. The van der Waals surface area contributed by atoms with Gasteiger partial charge in [-0.1, -0.05) is 54.1 Å². The predicted octanol–water partition coefficient (Wildman–Crippen LogP) is 5.39. The average Bonchev–Trinajstić information content (AvgIpc) is 3.12. The number of benzene rings is 2. The minimum absolute atomic E-state index is 0.115. The third-order valence-electron chi connectivity index (χ3n) is 4.66. The summed E-state index contributed by atoms with van der Waals surface area (Å²) in [6, 6.07) is 17.3. The minimum atomic E-state index is -0.163. The van der Waals surface area contributed by atoms with Crippen LogP contribution in [0.4, 0.5) is 5.95 Å². The van der Waals surface area contributed by atoms with E-state index >= 15 is 0 Å². The highest BCUT2D eigenvalue weighted by Crippen LogP contribution is 2.36. The first-order chi connectivity index (χ1) is 13.9. The van der Waals surface area contributed by atoms with E-state index in [1.807, 2.05) is 62.4 Å². The van der Waals surface area contributed by atoms with Gasteiger partial charge >= 0.3 is 0 Å². The summed E-state index contributed by atoms with van der Waals surface area (Å²) in [6.45, 7) is 3.93. The fourth-order valence-electron chi connectivity index (χ4n) is 3.16. The number of anilines is 1. The Morgan fingerprint density at radius 2 is 1.90 bits per heavy atom. The van der Waals surface area contributed by atoms with Gasteiger partial charge in [-0.25, -0.2) is 9.97 Å². The molecule has 0 saturated carbocycles. The number of halogens is 1. The molecule has 1 atom stereocenters. The van der Waals surface area contributed by atoms with Crippen LogP contribution in [0.25, 0.3) is 21.5 Å². The van der Waals surface area contributed by atoms with Crippen LogP contribution in [0.3, 0.4) is 0 Å². The van der Waals surface area contributed by atoms with E-state index in [1.54, 1.807) is 6.07 Å². The van der Waals surface area contributed by atoms with Gasteiger partial charge in [0.15, 0.2) is 0 Å². The first-order valence-electron chi connectivity index (χ1n) is 9.12. The van der Waals surface area contributed by atoms with Crippen molar-refractivity contribution in [2.75, 3.05) is 5.73 Å². The highest BCUT2D eigenvalue weighted by molar-refractivity contribution is 7.20. The van der Waals surface area contributed by atoms with E-state index in [1.165, 1.54) is 11.3 Å². The van der Waals surface area contributed by atoms with Crippen molar-refractivity contribution in [2.24, 2.45) is 0 Å². The molecule has 0 bridgehead atoms. The van der Waals surface area contributed by atoms with Crippen LogP contribution >= 0.6 is 22.9 Å². The summed E-state index contributed by atoms with van der Waals surface area (Å²) in [5.41, 5.74) is 9.41. The molecular weight excluding hydrogens is 404 g/mol. The Morgan fingerprint density at radius 3 is 2.62 bits per heavy atom. The van der Waals surface area contributed by atoms with Gasteiger partial charge in [0.2, 0.25) is 5.95 Å². The predicted molar refractivity (Wildman–Crippen MR) is 119 cm³/mol. The molecule has 0 aliphatic rings. The fraction of sp³-hybridized carbons (Fsp3) is 0.136. The lowest BCUT2D eigenvalue weighted by Gasteiger charge is -2.13. The molecule has 1 amide bonds. The quantitative estimate of drug-likeness (QED) is 0.461. The largest absolute Gasteiger partial charge is 0.368 e. The first-order valence-corrected chi connectivity index (χ1v) is 10.3. The maximum atomic E-state index is 12.8. The molecule has 0 aliphatic carbocycles. The molecule has 7 heteroatoms. The van der Waals surface area contributed by atoms with Gasteiger partial charge in [-0.2, -0.15) is 0 Å². The number of rotatable bonds is 4. The van der Waals surface area contributed by atoms with E-state index in [0.29, 0.717) is 20.4 Å². The smallest absolute Gasteiger partial charge is 0.261 e. The van der Waals surface area contributed by atoms with Crippen LogP contribution in [0.1, 0.15) is 33.8 Å². The number of aryl methyl sites for hydroxylation is 1. The van der Waals surface area contributed by atoms with Crippen LogP contribution in [0.15, 0.2) is 54.6 Å². The molecular formula is C22H19ClN4OS. The highest BCUT2D eigenvalue weighted by atomic mass is 35.5. The van der Waals surface area contributed by atoms with Crippen molar-refractivity contribution in [2.45, 2.75) is 19.9 Å². The number of thiophene rings is 1. The molecule has 5 nitrogen and oxygen atoms in total. The van der Waals surface area contributed by atoms with Gasteiger partial charge in [-0.15, -0.1) is 11.3 Å². The summed E-state index contributed by atoms with van der Waals surface area (Å²) < 4.78 is 0. The molecule has 2 aromatic heterocycles. The van der Waals surface area contributed by atoms with Crippen molar-refractivity contribution >= 4 is 45.0 Å². The maximum absolute atomic E-state index is 12.8. The molecule has 146 valence electrons. The number of carbonyl (C=O) groups is 1. The molecule has 0 saturated heterocycles. The summed E-state index contributed by atoms with van der Waals surface area (Å²) in [4.78, 5) is 22.8. The number of amides is 1. The van der Waals surface area contributed by atoms with Crippen LogP contribution in [0.2, 0.25) is 5.02 Å². The van der Waals surface area contributed by atoms with Gasteiger partial charge in [-0.05, 0) is 37.1 Å². The van der Waals surface area contributed by atoms with Crippen molar-refractivity contribution in [1.29, 1.82) is 0 Å². The molecule has 29 heavy (non-hydrogen) atoms. The van der Waals surface area contributed by atoms with E-state index in [9.17, 15) is 4.79 Å². The first kappa shape index (κ1) is 19.4. The number of nitrogens with zero attached hydrogens (tertiary/aromatic N) is 2. The number of aromatic nitrogens is 2. The monoisotopic (exact) mass is 422 g/mol. The van der Waals surface area contributed by atoms with Gasteiger partial charge in [0.25, 0.3) is 5.91 Å². The number of fused-ring (bicyclic) bond motifs is 1. The van der Waals surface area contributed by atoms with Crippen molar-refractivity contribution in [3.05, 3.63) is 75.6 Å². The normalized spacial score (nSPS) is 12.1. The Kier molecular flexibility index (Phi) is 5.22. The molecule has 2 aromatic carbocycles. The number of hydrogen-bond acceptors (Lipinski definition) is 5. The third kappa shape index (κ3) is 3.95. The minimum Gasteiger partial charge on any atom is -0.368 e. The lowest BCUT2D eigenvalue weighted by Crippen LogP contribution is -2.25. The molecule has 0 spiro atoms. The lowest BCUT2D eigenvalue weighted by molar-refractivity contribution is 0.0944. The lowest BCUT2D eigenvalue weighted by atomic mass is 10.1. The molecule has 3 N–H and O–H groups in total. The van der Waals surface area contributed by atoms with Gasteiger partial charge in [0.05, 0.1) is 21.6 Å². The van der Waals surface area contributed by atoms with E-state index < -0.39 is 0 Å². The highest BCUT2D eigenvalue weighted by Gasteiger charge is 2.19. The number of hydrogen-bond donors (Lipinski definition) is 2. The second-order valence-electron chi connectivity index (χ2n) is 6.85. The number of nitrogens with one attached hydrogen (secondary N) is 1. The summed E-state index contributed by atoms with van der Waals surface area (Å²) in [7, 11) is 0. The van der Waals surface area contributed by atoms with Crippen LogP contribution in [-0.2, 0) is 0 Å². The average molecular weight is 423 g/mol. The second kappa shape index (κ2) is 7.81. The number of carbonyl (C=O) groups excluding carboxylic acids is 1. The maximum Gasteiger partial charge on any atom is 0.261 e. The van der Waals surface area contributed by atoms with E-state index in [-0.39, 0.29) is 17.9 Å². The molecule has 0 aliphatic heterocycles. The molecule has 0 unspecified atom stereocenters. The zero-order chi connectivity index (χ0) is 20.5. The van der Waals surface area contributed by atoms with Crippen molar-refractivity contribution in [1.82, 2.24) is 15.3 Å². The third-order valence-corrected chi connectivity index (χ3v) is 6.00. The SMILES string of the molecule is Cc1ccc(-c2nc(N)nc3sc(C(=O)N[C@@H](C)c4ccccc4)cc23)c(Cl)c1. The number of nitrogen functional groups attached to an aromatic ring is 1. The zero-order valence-electron chi connectivity index (χ0n) is 15.9. The standard InChI is InChI=1S/C22H19ClN4OS/c1-12-8-9-15(17(23)10-12)19-16-11-18(29-21(16)27-22(24)26-19)20(28)25-13(2)14-6-4-3-5-7-14/h3-11,13H,1-2H3,(H,25,28)(H2,24,26,27)/t13-/m0/s1. The Balaban J connectivity index is 1.71. The van der Waals surface area contributed by atoms with Gasteiger partial charge in [0.1, 0.15) is 4.83 Å². The summed E-state index contributed by atoms with van der Waals surface area (Å²) in [5, 5.41) is 4.37. The van der Waals surface area contributed by atoms with E-state index in [2.05, 4.69) is 15.3 Å². The van der Waals surface area contributed by atoms with Crippen LogP contribution < -0.4 is 11.1 Å². The topological polar surface area (TPSA) is 80.9 Å². The number of nitrogens with two attached hydrogens (primary N) is 1. The zero-order valence-corrected chi connectivity index (χ0v) is 17.5. The van der Waals surface area contributed by atoms with Crippen LogP contribution in [-0.4, -0.2) is 15.9 Å². The molecule has 4 aromatic rings.